The number of hydrogen-bond donors (Lipinski definition) is 1. The van der Waals surface area contributed by atoms with E-state index in [1.54, 1.807) is 0 Å². The molecule has 0 saturated carbocycles. The van der Waals surface area contributed by atoms with Crippen molar-refractivity contribution in [2.75, 3.05) is 6.61 Å². The van der Waals surface area contributed by atoms with E-state index in [-0.39, 0.29) is 0 Å². The lowest BCUT2D eigenvalue weighted by Gasteiger charge is -2.16. The van der Waals surface area contributed by atoms with Gasteiger partial charge >= 0.3 is 6.16 Å². The molecule has 1 N–H and O–H groups in total. The van der Waals surface area contributed by atoms with E-state index in [9.17, 15) is 4.79 Å². The van der Waals surface area contributed by atoms with Crippen LogP contribution in [0.3, 0.4) is 0 Å². The van der Waals surface area contributed by atoms with E-state index in [1.807, 2.05) is 0 Å². The molecule has 0 aromatic heterocycles. The standard InChI is InChI=1S/C17H34O3/c1-3-5-7-9-10-12-14-16(15-20-17(18)19)13-11-8-6-4-2/h16H,3-15H2,1-2H3,(H,18,19). The topological polar surface area (TPSA) is 46.5 Å². The Morgan fingerprint density at radius 3 is 1.80 bits per heavy atom. The monoisotopic (exact) mass is 286 g/mol. The van der Waals surface area contributed by atoms with E-state index >= 15 is 0 Å². The van der Waals surface area contributed by atoms with Crippen LogP contribution in [0.4, 0.5) is 4.79 Å². The molecule has 1 unspecified atom stereocenters. The van der Waals surface area contributed by atoms with Gasteiger partial charge in [0.25, 0.3) is 0 Å². The molecule has 0 spiro atoms. The Morgan fingerprint density at radius 1 is 0.850 bits per heavy atom. The van der Waals surface area contributed by atoms with E-state index in [4.69, 9.17) is 9.84 Å². The minimum atomic E-state index is -1.13. The summed E-state index contributed by atoms with van der Waals surface area (Å²) >= 11 is 0. The first-order valence-corrected chi connectivity index (χ1v) is 8.56. The third-order valence-corrected chi connectivity index (χ3v) is 3.87. The van der Waals surface area contributed by atoms with Crippen molar-refractivity contribution in [2.24, 2.45) is 5.92 Å². The zero-order chi connectivity index (χ0) is 15.1. The van der Waals surface area contributed by atoms with Gasteiger partial charge in [0.05, 0.1) is 6.61 Å². The maximum Gasteiger partial charge on any atom is 0.505 e. The molecule has 0 amide bonds. The summed E-state index contributed by atoms with van der Waals surface area (Å²) in [5, 5.41) is 8.62. The van der Waals surface area contributed by atoms with Gasteiger partial charge in [-0.15, -0.1) is 0 Å². The number of rotatable bonds is 14. The number of carbonyl (C=O) groups is 1. The van der Waals surface area contributed by atoms with Crippen molar-refractivity contribution in [2.45, 2.75) is 90.9 Å². The molecular formula is C17H34O3. The van der Waals surface area contributed by atoms with E-state index in [2.05, 4.69) is 13.8 Å². The zero-order valence-corrected chi connectivity index (χ0v) is 13.5. The molecule has 0 rings (SSSR count). The van der Waals surface area contributed by atoms with Crippen molar-refractivity contribution in [3.05, 3.63) is 0 Å². The van der Waals surface area contributed by atoms with Gasteiger partial charge in [0.15, 0.2) is 0 Å². The lowest BCUT2D eigenvalue weighted by atomic mass is 9.95. The van der Waals surface area contributed by atoms with Crippen LogP contribution in [0.15, 0.2) is 0 Å². The highest BCUT2D eigenvalue weighted by Gasteiger charge is 2.11. The second-order valence-electron chi connectivity index (χ2n) is 5.85. The van der Waals surface area contributed by atoms with Crippen LogP contribution in [-0.2, 0) is 4.74 Å². The highest BCUT2D eigenvalue weighted by molar-refractivity contribution is 5.56. The Hall–Kier alpha value is -0.730. The van der Waals surface area contributed by atoms with E-state index in [0.29, 0.717) is 12.5 Å². The fraction of sp³-hybridized carbons (Fsp3) is 0.941. The molecule has 1 atom stereocenters. The Balaban J connectivity index is 3.71. The molecule has 0 aliphatic carbocycles. The number of carboxylic acid groups (broad SMARTS) is 1. The quantitative estimate of drug-likeness (QED) is 0.314. The van der Waals surface area contributed by atoms with Crippen molar-refractivity contribution < 1.29 is 14.6 Å². The summed E-state index contributed by atoms with van der Waals surface area (Å²) in [6.45, 7) is 4.83. The molecule has 20 heavy (non-hydrogen) atoms. The predicted molar refractivity (Wildman–Crippen MR) is 84.2 cm³/mol. The van der Waals surface area contributed by atoms with Crippen LogP contribution in [0, 0.1) is 5.92 Å². The van der Waals surface area contributed by atoms with Gasteiger partial charge in [0.1, 0.15) is 0 Å². The average Bonchev–Trinajstić information content (AvgIpc) is 2.43. The Kier molecular flexibility index (Phi) is 14.1. The summed E-state index contributed by atoms with van der Waals surface area (Å²) in [5.41, 5.74) is 0. The maximum atomic E-state index is 10.5. The molecule has 0 heterocycles. The van der Waals surface area contributed by atoms with E-state index in [1.165, 1.54) is 64.2 Å². The van der Waals surface area contributed by atoms with Crippen LogP contribution < -0.4 is 0 Å². The highest BCUT2D eigenvalue weighted by Crippen LogP contribution is 2.19. The summed E-state index contributed by atoms with van der Waals surface area (Å²) in [5.74, 6) is 0.425. The molecular weight excluding hydrogens is 252 g/mol. The number of unbranched alkanes of at least 4 members (excludes halogenated alkanes) is 8. The van der Waals surface area contributed by atoms with Gasteiger partial charge in [-0.3, -0.25) is 0 Å². The third kappa shape index (κ3) is 13.7. The summed E-state index contributed by atoms with van der Waals surface area (Å²) in [4.78, 5) is 10.5. The first-order chi connectivity index (χ1) is 9.70. The van der Waals surface area contributed by atoms with Gasteiger partial charge in [-0.1, -0.05) is 78.1 Å². The van der Waals surface area contributed by atoms with Crippen molar-refractivity contribution in [1.82, 2.24) is 0 Å². The molecule has 0 aromatic rings. The Bertz CT molecular complexity index is 216. The van der Waals surface area contributed by atoms with Crippen molar-refractivity contribution >= 4 is 6.16 Å². The lowest BCUT2D eigenvalue weighted by molar-refractivity contribution is 0.0730. The van der Waals surface area contributed by atoms with E-state index < -0.39 is 6.16 Å². The van der Waals surface area contributed by atoms with Gasteiger partial charge in [-0.2, -0.15) is 0 Å². The van der Waals surface area contributed by atoms with Crippen molar-refractivity contribution in [1.29, 1.82) is 0 Å². The molecule has 0 aliphatic heterocycles. The molecule has 120 valence electrons. The Morgan fingerprint density at radius 2 is 1.30 bits per heavy atom. The average molecular weight is 286 g/mol. The van der Waals surface area contributed by atoms with Crippen molar-refractivity contribution in [3.8, 4) is 0 Å². The summed E-state index contributed by atoms with van der Waals surface area (Å²) < 4.78 is 4.77. The molecule has 0 aliphatic rings. The maximum absolute atomic E-state index is 10.5. The minimum Gasteiger partial charge on any atom is -0.450 e. The van der Waals surface area contributed by atoms with Gasteiger partial charge in [-0.05, 0) is 18.8 Å². The van der Waals surface area contributed by atoms with Crippen LogP contribution in [0.25, 0.3) is 0 Å². The zero-order valence-electron chi connectivity index (χ0n) is 13.5. The van der Waals surface area contributed by atoms with Gasteiger partial charge in [-0.25, -0.2) is 4.79 Å². The summed E-state index contributed by atoms with van der Waals surface area (Å²) in [7, 11) is 0. The molecule has 3 heteroatoms. The van der Waals surface area contributed by atoms with Gasteiger partial charge < -0.3 is 9.84 Å². The highest BCUT2D eigenvalue weighted by atomic mass is 16.7. The second kappa shape index (κ2) is 14.7. The molecule has 3 nitrogen and oxygen atoms in total. The van der Waals surface area contributed by atoms with Gasteiger partial charge in [0.2, 0.25) is 0 Å². The van der Waals surface area contributed by atoms with Crippen LogP contribution >= 0.6 is 0 Å². The molecule has 0 bridgehead atoms. The van der Waals surface area contributed by atoms with Crippen LogP contribution in [-0.4, -0.2) is 17.9 Å². The lowest BCUT2D eigenvalue weighted by Crippen LogP contribution is -2.13. The fourth-order valence-electron chi connectivity index (χ4n) is 2.57. The molecule has 0 saturated heterocycles. The summed E-state index contributed by atoms with van der Waals surface area (Å²) in [6.07, 6.45) is 13.9. The third-order valence-electron chi connectivity index (χ3n) is 3.87. The van der Waals surface area contributed by atoms with Crippen LogP contribution in [0.5, 0.6) is 0 Å². The fourth-order valence-corrected chi connectivity index (χ4v) is 2.57. The summed E-state index contributed by atoms with van der Waals surface area (Å²) in [6, 6.07) is 0. The normalized spacial score (nSPS) is 12.3. The van der Waals surface area contributed by atoms with Gasteiger partial charge in [0, 0.05) is 0 Å². The number of ether oxygens (including phenoxy) is 1. The predicted octanol–water partition coefficient (Wildman–Crippen LogP) is 6.02. The van der Waals surface area contributed by atoms with E-state index in [0.717, 1.165) is 12.8 Å². The van der Waals surface area contributed by atoms with Crippen LogP contribution in [0.2, 0.25) is 0 Å². The largest absolute Gasteiger partial charge is 0.505 e. The molecule has 0 fully saturated rings. The van der Waals surface area contributed by atoms with Crippen molar-refractivity contribution in [3.63, 3.8) is 0 Å². The number of hydrogen-bond acceptors (Lipinski definition) is 2. The Labute approximate surface area is 125 Å². The SMILES string of the molecule is CCCCCCCCC(CCCCCC)COC(=O)O. The molecule has 0 radical (unpaired) electrons. The first-order valence-electron chi connectivity index (χ1n) is 8.56. The van der Waals surface area contributed by atoms with Crippen LogP contribution in [0.1, 0.15) is 90.9 Å². The first kappa shape index (κ1) is 19.3. The molecule has 0 aromatic carbocycles. The second-order valence-corrected chi connectivity index (χ2v) is 5.85. The minimum absolute atomic E-state index is 0.385. The smallest absolute Gasteiger partial charge is 0.450 e.